The molecule has 4 nitrogen and oxygen atoms in total. The third-order valence-corrected chi connectivity index (χ3v) is 5.70. The molecule has 33 heavy (non-hydrogen) atoms. The van der Waals surface area contributed by atoms with Crippen molar-refractivity contribution in [3.8, 4) is 33.9 Å². The van der Waals surface area contributed by atoms with Gasteiger partial charge in [-0.2, -0.15) is 9.97 Å². The molecular formula is C28H22ClN3O. The number of hydrogen-bond donors (Lipinski definition) is 0. The number of benzene rings is 3. The summed E-state index contributed by atoms with van der Waals surface area (Å²) < 4.78 is 6.01. The highest BCUT2D eigenvalue weighted by Gasteiger charge is 2.17. The van der Waals surface area contributed by atoms with E-state index >= 15 is 0 Å². The van der Waals surface area contributed by atoms with Crippen LogP contribution >= 0.6 is 11.6 Å². The van der Waals surface area contributed by atoms with E-state index in [1.54, 1.807) is 0 Å². The molecule has 0 unspecified atom stereocenters. The minimum atomic E-state index is 0.156. The number of fused-ring (bicyclic) bond motifs is 1. The van der Waals surface area contributed by atoms with Crippen LogP contribution < -0.4 is 0 Å². The molecule has 0 saturated heterocycles. The Hall–Kier alpha value is -3.76. The summed E-state index contributed by atoms with van der Waals surface area (Å²) in [6.45, 7) is 4.08. The average Bonchev–Trinajstić information content (AvgIpc) is 3.18. The Kier molecular flexibility index (Phi) is 5.76. The van der Waals surface area contributed by atoms with Crippen molar-refractivity contribution in [2.45, 2.75) is 20.3 Å². The first-order valence-electron chi connectivity index (χ1n) is 10.9. The molecule has 162 valence electrons. The standard InChI is InChI=1S/C28H22ClN3O/c1-3-4-14-22-18(2)33-24-16-9-15-23(25(22)24)27-30-26(31-28(29)32-27)21-13-8-12-20(17-21)19-10-6-5-7-11-19/h4-17H,3H2,1-2H3/b14-4-. The van der Waals surface area contributed by atoms with Gasteiger partial charge in [-0.3, -0.25) is 0 Å². The van der Waals surface area contributed by atoms with Gasteiger partial charge in [-0.05, 0) is 48.2 Å². The van der Waals surface area contributed by atoms with Gasteiger partial charge < -0.3 is 4.42 Å². The Labute approximate surface area is 197 Å². The molecule has 0 fully saturated rings. The van der Waals surface area contributed by atoms with Crippen LogP contribution in [0, 0.1) is 6.92 Å². The van der Waals surface area contributed by atoms with Crippen LogP contribution in [0.5, 0.6) is 0 Å². The molecule has 0 amide bonds. The van der Waals surface area contributed by atoms with Gasteiger partial charge in [0.2, 0.25) is 5.28 Å². The number of nitrogens with zero attached hydrogens (tertiary/aromatic N) is 3. The lowest BCUT2D eigenvalue weighted by molar-refractivity contribution is 0.577. The van der Waals surface area contributed by atoms with Gasteiger partial charge in [0, 0.05) is 22.1 Å². The molecule has 0 aliphatic carbocycles. The topological polar surface area (TPSA) is 51.8 Å². The normalized spacial score (nSPS) is 11.5. The zero-order chi connectivity index (χ0) is 22.8. The highest BCUT2D eigenvalue weighted by molar-refractivity contribution is 6.28. The third kappa shape index (κ3) is 4.18. The van der Waals surface area contributed by atoms with Crippen molar-refractivity contribution in [1.29, 1.82) is 0 Å². The maximum Gasteiger partial charge on any atom is 0.226 e. The number of allylic oxidation sites excluding steroid dienone is 1. The first kappa shape index (κ1) is 21.1. The third-order valence-electron chi connectivity index (χ3n) is 5.54. The van der Waals surface area contributed by atoms with Crippen molar-refractivity contribution < 1.29 is 4.42 Å². The second-order valence-corrected chi connectivity index (χ2v) is 8.10. The molecule has 0 aliphatic rings. The Morgan fingerprint density at radius 2 is 1.55 bits per heavy atom. The summed E-state index contributed by atoms with van der Waals surface area (Å²) >= 11 is 6.39. The van der Waals surface area contributed by atoms with Crippen LogP contribution in [0.2, 0.25) is 5.28 Å². The van der Waals surface area contributed by atoms with Crippen molar-refractivity contribution in [3.63, 3.8) is 0 Å². The van der Waals surface area contributed by atoms with Gasteiger partial charge in [0.1, 0.15) is 11.3 Å². The van der Waals surface area contributed by atoms with Crippen molar-refractivity contribution in [1.82, 2.24) is 15.0 Å². The summed E-state index contributed by atoms with van der Waals surface area (Å²) in [5.74, 6) is 1.91. The first-order valence-corrected chi connectivity index (χ1v) is 11.3. The highest BCUT2D eigenvalue weighted by atomic mass is 35.5. The summed E-state index contributed by atoms with van der Waals surface area (Å²) in [6.07, 6.45) is 5.15. The molecule has 5 rings (SSSR count). The smallest absolute Gasteiger partial charge is 0.226 e. The molecule has 0 aliphatic heterocycles. The van der Waals surface area contributed by atoms with Gasteiger partial charge in [0.25, 0.3) is 0 Å². The molecule has 0 radical (unpaired) electrons. The predicted octanol–water partition coefficient (Wildman–Crippen LogP) is 8.00. The van der Waals surface area contributed by atoms with E-state index in [-0.39, 0.29) is 5.28 Å². The van der Waals surface area contributed by atoms with Crippen molar-refractivity contribution >= 4 is 28.6 Å². The van der Waals surface area contributed by atoms with Gasteiger partial charge in [0.15, 0.2) is 11.6 Å². The molecule has 5 aromatic rings. The predicted molar refractivity (Wildman–Crippen MR) is 135 cm³/mol. The zero-order valence-electron chi connectivity index (χ0n) is 18.4. The molecule has 2 heterocycles. The fourth-order valence-electron chi connectivity index (χ4n) is 3.98. The lowest BCUT2D eigenvalue weighted by atomic mass is 10.0. The minimum Gasteiger partial charge on any atom is -0.461 e. The summed E-state index contributed by atoms with van der Waals surface area (Å²) in [5, 5.41) is 1.13. The van der Waals surface area contributed by atoms with E-state index in [1.807, 2.05) is 55.5 Å². The monoisotopic (exact) mass is 451 g/mol. The van der Waals surface area contributed by atoms with E-state index < -0.39 is 0 Å². The lowest BCUT2D eigenvalue weighted by Gasteiger charge is -2.08. The Balaban J connectivity index is 1.66. The van der Waals surface area contributed by atoms with Gasteiger partial charge >= 0.3 is 0 Å². The molecule has 0 atom stereocenters. The fraction of sp³-hybridized carbons (Fsp3) is 0.107. The number of aromatic nitrogens is 3. The fourth-order valence-corrected chi connectivity index (χ4v) is 4.14. The van der Waals surface area contributed by atoms with Crippen molar-refractivity contribution in [2.24, 2.45) is 0 Å². The number of rotatable bonds is 5. The van der Waals surface area contributed by atoms with Crippen LogP contribution in [0.3, 0.4) is 0 Å². The number of furan rings is 1. The average molecular weight is 452 g/mol. The molecular weight excluding hydrogens is 430 g/mol. The zero-order valence-corrected chi connectivity index (χ0v) is 19.2. The first-order chi connectivity index (χ1) is 16.1. The Bertz CT molecular complexity index is 1470. The van der Waals surface area contributed by atoms with Gasteiger partial charge in [-0.1, -0.05) is 79.7 Å². The summed E-state index contributed by atoms with van der Waals surface area (Å²) in [5.41, 5.74) is 5.79. The second kappa shape index (κ2) is 9.00. The maximum absolute atomic E-state index is 6.39. The van der Waals surface area contributed by atoms with E-state index in [0.717, 1.165) is 51.0 Å². The molecule has 0 bridgehead atoms. The quantitative estimate of drug-likeness (QED) is 0.271. The van der Waals surface area contributed by atoms with Crippen molar-refractivity contribution in [3.05, 3.63) is 95.5 Å². The van der Waals surface area contributed by atoms with Crippen LogP contribution in [0.15, 0.2) is 83.3 Å². The number of hydrogen-bond acceptors (Lipinski definition) is 4. The molecule has 3 aromatic carbocycles. The van der Waals surface area contributed by atoms with Gasteiger partial charge in [0.05, 0.1) is 0 Å². The van der Waals surface area contributed by atoms with Crippen LogP contribution in [0.4, 0.5) is 0 Å². The lowest BCUT2D eigenvalue weighted by Crippen LogP contribution is -1.98. The molecule has 0 saturated carbocycles. The summed E-state index contributed by atoms with van der Waals surface area (Å²) in [6, 6.07) is 24.3. The van der Waals surface area contributed by atoms with Crippen LogP contribution in [-0.4, -0.2) is 15.0 Å². The van der Waals surface area contributed by atoms with E-state index in [9.17, 15) is 0 Å². The maximum atomic E-state index is 6.39. The van der Waals surface area contributed by atoms with E-state index in [0.29, 0.717) is 11.6 Å². The van der Waals surface area contributed by atoms with Crippen LogP contribution in [0.25, 0.3) is 50.9 Å². The summed E-state index contributed by atoms with van der Waals surface area (Å²) in [7, 11) is 0. The molecule has 0 N–H and O–H groups in total. The molecule has 0 spiro atoms. The minimum absolute atomic E-state index is 0.156. The number of aryl methyl sites for hydroxylation is 1. The van der Waals surface area contributed by atoms with E-state index in [2.05, 4.69) is 53.3 Å². The SMILES string of the molecule is CC/C=C\c1c(C)oc2cccc(-c3nc(Cl)nc(-c4cccc(-c5ccccc5)c4)n3)c12. The van der Waals surface area contributed by atoms with E-state index in [1.165, 1.54) is 0 Å². The van der Waals surface area contributed by atoms with Crippen LogP contribution in [-0.2, 0) is 0 Å². The van der Waals surface area contributed by atoms with E-state index in [4.69, 9.17) is 21.0 Å². The van der Waals surface area contributed by atoms with Crippen LogP contribution in [0.1, 0.15) is 24.7 Å². The largest absolute Gasteiger partial charge is 0.461 e. The van der Waals surface area contributed by atoms with Crippen molar-refractivity contribution in [2.75, 3.05) is 0 Å². The second-order valence-electron chi connectivity index (χ2n) is 7.76. The number of halogens is 1. The Morgan fingerprint density at radius 1 is 0.818 bits per heavy atom. The highest BCUT2D eigenvalue weighted by Crippen LogP contribution is 2.35. The van der Waals surface area contributed by atoms with Gasteiger partial charge in [-0.15, -0.1) is 0 Å². The summed E-state index contributed by atoms with van der Waals surface area (Å²) in [4.78, 5) is 13.7. The Morgan fingerprint density at radius 3 is 2.36 bits per heavy atom. The van der Waals surface area contributed by atoms with Gasteiger partial charge in [-0.25, -0.2) is 4.98 Å². The molecule has 5 heteroatoms. The molecule has 2 aromatic heterocycles.